The molecule has 1 amide bonds. The molecule has 0 spiro atoms. The van der Waals surface area contributed by atoms with E-state index in [1.165, 1.54) is 0 Å². The van der Waals surface area contributed by atoms with Crippen LogP contribution in [0.3, 0.4) is 0 Å². The molecular formula is C10H10N4O. The Balaban J connectivity index is 2.20. The second kappa shape index (κ2) is 2.85. The lowest BCUT2D eigenvalue weighted by Gasteiger charge is -2.21. The predicted octanol–water partition coefficient (Wildman–Crippen LogP) is 1.43. The van der Waals surface area contributed by atoms with Crippen molar-refractivity contribution < 1.29 is 4.79 Å². The van der Waals surface area contributed by atoms with Crippen molar-refractivity contribution in [3.05, 3.63) is 22.7 Å². The average Bonchev–Trinajstić information content (AvgIpc) is 2.62. The van der Waals surface area contributed by atoms with Gasteiger partial charge in [-0.25, -0.2) is 4.99 Å². The van der Waals surface area contributed by atoms with Crippen LogP contribution < -0.4 is 5.73 Å². The summed E-state index contributed by atoms with van der Waals surface area (Å²) in [7, 11) is 0. The highest BCUT2D eigenvalue weighted by Gasteiger charge is 2.33. The van der Waals surface area contributed by atoms with Crippen LogP contribution in [0.25, 0.3) is 0 Å². The van der Waals surface area contributed by atoms with E-state index in [1.807, 2.05) is 0 Å². The predicted molar refractivity (Wildman–Crippen MR) is 54.0 cm³/mol. The molecule has 5 nitrogen and oxygen atoms in total. The van der Waals surface area contributed by atoms with Gasteiger partial charge in [0, 0.05) is 5.57 Å². The van der Waals surface area contributed by atoms with Gasteiger partial charge in [-0.2, -0.15) is 0 Å². The van der Waals surface area contributed by atoms with E-state index in [1.54, 1.807) is 0 Å². The van der Waals surface area contributed by atoms with Crippen LogP contribution in [0.15, 0.2) is 37.9 Å². The molecule has 2 aliphatic heterocycles. The zero-order chi connectivity index (χ0) is 10.4. The summed E-state index contributed by atoms with van der Waals surface area (Å²) in [6.07, 6.45) is 4.01. The van der Waals surface area contributed by atoms with Gasteiger partial charge in [0.25, 0.3) is 5.91 Å². The number of rotatable bonds is 0. The number of carbonyl (C=O) groups excluding carboxylic acids is 1. The van der Waals surface area contributed by atoms with Crippen LogP contribution in [0, 0.1) is 0 Å². The molecule has 3 aliphatic rings. The number of fused-ring (bicyclic) bond motifs is 2. The van der Waals surface area contributed by atoms with Gasteiger partial charge in [0.15, 0.2) is 5.82 Å². The summed E-state index contributed by atoms with van der Waals surface area (Å²) in [6, 6.07) is 0. The van der Waals surface area contributed by atoms with E-state index < -0.39 is 0 Å². The van der Waals surface area contributed by atoms with Crippen molar-refractivity contribution in [2.75, 3.05) is 0 Å². The molecule has 0 aromatic carbocycles. The lowest BCUT2D eigenvalue weighted by molar-refractivity contribution is -0.114. The number of dihydropyridines is 1. The zero-order valence-corrected chi connectivity index (χ0v) is 8.16. The van der Waals surface area contributed by atoms with Crippen molar-refractivity contribution in [3.8, 4) is 0 Å². The van der Waals surface area contributed by atoms with Gasteiger partial charge in [-0.15, -0.1) is 10.2 Å². The maximum atomic E-state index is 11.7. The molecule has 0 aromatic rings. The Bertz CT molecular complexity index is 482. The molecule has 0 radical (unpaired) electrons. The summed E-state index contributed by atoms with van der Waals surface area (Å²) < 4.78 is 0. The first kappa shape index (κ1) is 8.52. The van der Waals surface area contributed by atoms with Crippen molar-refractivity contribution in [1.82, 2.24) is 0 Å². The van der Waals surface area contributed by atoms with Gasteiger partial charge in [0.05, 0.1) is 5.71 Å². The Labute approximate surface area is 86.5 Å². The van der Waals surface area contributed by atoms with Crippen molar-refractivity contribution in [3.63, 3.8) is 0 Å². The molecule has 2 N–H and O–H groups in total. The highest BCUT2D eigenvalue weighted by Crippen LogP contribution is 2.36. The third-order valence-corrected chi connectivity index (χ3v) is 2.93. The first-order valence-electron chi connectivity index (χ1n) is 5.04. The Hall–Kier alpha value is -1.78. The summed E-state index contributed by atoms with van der Waals surface area (Å²) in [6.45, 7) is 0. The summed E-state index contributed by atoms with van der Waals surface area (Å²) in [5.41, 5.74) is 8.62. The number of hydrogen-bond donors (Lipinski definition) is 1. The summed E-state index contributed by atoms with van der Waals surface area (Å²) in [5, 5.41) is 7.73. The van der Waals surface area contributed by atoms with Gasteiger partial charge in [-0.3, -0.25) is 4.79 Å². The minimum absolute atomic E-state index is 0.205. The molecule has 76 valence electrons. The normalized spacial score (nSPS) is 24.3. The third-order valence-electron chi connectivity index (χ3n) is 2.93. The highest BCUT2D eigenvalue weighted by atomic mass is 16.1. The van der Waals surface area contributed by atoms with Gasteiger partial charge in [-0.05, 0) is 25.7 Å². The number of carbonyl (C=O) groups is 1. The number of nitrogens with zero attached hydrogens (tertiary/aromatic N) is 3. The second-order valence-corrected chi connectivity index (χ2v) is 3.86. The van der Waals surface area contributed by atoms with Crippen LogP contribution in [-0.2, 0) is 4.79 Å². The van der Waals surface area contributed by atoms with Gasteiger partial charge in [-0.1, -0.05) is 0 Å². The van der Waals surface area contributed by atoms with Crippen molar-refractivity contribution in [2.24, 2.45) is 21.0 Å². The number of nitrogens with two attached hydrogens (primary N) is 1. The van der Waals surface area contributed by atoms with Crippen LogP contribution in [0.4, 0.5) is 0 Å². The standard InChI is InChI=1S/C10H10N4O/c11-9-7-8(13-14-9)5-3-1-2-4-6(5)12-10(7)15/h1-4,11H2. The van der Waals surface area contributed by atoms with E-state index in [9.17, 15) is 4.79 Å². The van der Waals surface area contributed by atoms with E-state index in [-0.39, 0.29) is 11.7 Å². The summed E-state index contributed by atoms with van der Waals surface area (Å²) >= 11 is 0. The van der Waals surface area contributed by atoms with Crippen molar-refractivity contribution in [2.45, 2.75) is 25.7 Å². The number of azo groups is 1. The average molecular weight is 202 g/mol. The Kier molecular flexibility index (Phi) is 1.62. The maximum Gasteiger partial charge on any atom is 0.283 e. The van der Waals surface area contributed by atoms with Gasteiger partial charge in [0.1, 0.15) is 11.3 Å². The van der Waals surface area contributed by atoms with Crippen molar-refractivity contribution >= 4 is 11.6 Å². The molecule has 5 heteroatoms. The third kappa shape index (κ3) is 1.09. The number of amides is 1. The Morgan fingerprint density at radius 2 is 1.93 bits per heavy atom. The largest absolute Gasteiger partial charge is 0.381 e. The molecule has 3 rings (SSSR count). The minimum atomic E-state index is -0.284. The van der Waals surface area contributed by atoms with E-state index in [0.29, 0.717) is 11.3 Å². The molecule has 0 atom stereocenters. The summed E-state index contributed by atoms with van der Waals surface area (Å²) in [5.74, 6) is -0.0796. The smallest absolute Gasteiger partial charge is 0.283 e. The first-order chi connectivity index (χ1) is 7.27. The molecule has 0 bridgehead atoms. The molecule has 1 saturated carbocycles. The second-order valence-electron chi connectivity index (χ2n) is 3.86. The topological polar surface area (TPSA) is 80.2 Å². The molecular weight excluding hydrogens is 192 g/mol. The van der Waals surface area contributed by atoms with E-state index in [2.05, 4.69) is 15.2 Å². The van der Waals surface area contributed by atoms with Crippen LogP contribution >= 0.6 is 0 Å². The molecule has 15 heavy (non-hydrogen) atoms. The van der Waals surface area contributed by atoms with Crippen molar-refractivity contribution in [1.29, 1.82) is 0 Å². The van der Waals surface area contributed by atoms with Crippen LogP contribution in [0.5, 0.6) is 0 Å². The Morgan fingerprint density at radius 1 is 1.13 bits per heavy atom. The van der Waals surface area contributed by atoms with Gasteiger partial charge in [0.2, 0.25) is 0 Å². The number of allylic oxidation sites excluding steroid dienone is 1. The fourth-order valence-electron chi connectivity index (χ4n) is 2.19. The fraction of sp³-hybridized carbons (Fsp3) is 0.400. The SMILES string of the molecule is NC1=C2C(=O)N=C3CCCCC3=C2N=N1. The fourth-order valence-corrected chi connectivity index (χ4v) is 2.19. The van der Waals surface area contributed by atoms with E-state index in [4.69, 9.17) is 5.73 Å². The monoisotopic (exact) mass is 202 g/mol. The summed E-state index contributed by atoms with van der Waals surface area (Å²) in [4.78, 5) is 15.7. The molecule has 1 aliphatic carbocycles. The minimum Gasteiger partial charge on any atom is -0.381 e. The zero-order valence-electron chi connectivity index (χ0n) is 8.16. The van der Waals surface area contributed by atoms with Gasteiger partial charge >= 0.3 is 0 Å². The molecule has 0 aromatic heterocycles. The number of hydrogen-bond acceptors (Lipinski definition) is 4. The first-order valence-corrected chi connectivity index (χ1v) is 5.04. The lowest BCUT2D eigenvalue weighted by Crippen LogP contribution is -2.21. The van der Waals surface area contributed by atoms with E-state index >= 15 is 0 Å². The van der Waals surface area contributed by atoms with Crippen LogP contribution in [0.1, 0.15) is 25.7 Å². The molecule has 2 heterocycles. The highest BCUT2D eigenvalue weighted by molar-refractivity contribution is 6.17. The number of aliphatic imine (C=N–C) groups is 1. The lowest BCUT2D eigenvalue weighted by atomic mass is 9.87. The Morgan fingerprint density at radius 3 is 2.80 bits per heavy atom. The van der Waals surface area contributed by atoms with E-state index in [0.717, 1.165) is 37.0 Å². The van der Waals surface area contributed by atoms with Gasteiger partial charge < -0.3 is 5.73 Å². The van der Waals surface area contributed by atoms with Crippen LogP contribution in [-0.4, -0.2) is 11.6 Å². The molecule has 0 unspecified atom stereocenters. The quantitative estimate of drug-likeness (QED) is 0.644. The molecule has 1 fully saturated rings. The van der Waals surface area contributed by atoms with Crippen LogP contribution in [0.2, 0.25) is 0 Å². The maximum absolute atomic E-state index is 11.7. The molecule has 0 saturated heterocycles.